The number of nitrogens with zero attached hydrogens (tertiary/aromatic N) is 4. The van der Waals surface area contributed by atoms with Gasteiger partial charge < -0.3 is 9.64 Å². The van der Waals surface area contributed by atoms with Crippen LogP contribution in [0.25, 0.3) is 0 Å². The largest absolute Gasteiger partial charge is 0.453 e. The minimum absolute atomic E-state index is 0.181. The number of hydrogen-bond acceptors (Lipinski definition) is 5. The Labute approximate surface area is 160 Å². The summed E-state index contributed by atoms with van der Waals surface area (Å²) in [6.45, 7) is 3.23. The Morgan fingerprint density at radius 3 is 2.82 bits per heavy atom. The molecule has 1 aliphatic rings. The van der Waals surface area contributed by atoms with Crippen molar-refractivity contribution in [2.45, 2.75) is 19.9 Å². The molecular formula is C21H16F2N4O. The number of halogens is 2. The van der Waals surface area contributed by atoms with Crippen molar-refractivity contribution in [1.82, 2.24) is 9.97 Å². The lowest BCUT2D eigenvalue weighted by Gasteiger charge is -2.30. The number of benzene rings is 1. The molecular weight excluding hydrogens is 362 g/mol. The minimum Gasteiger partial charge on any atom is -0.453 e. The van der Waals surface area contributed by atoms with E-state index in [1.54, 1.807) is 12.3 Å². The summed E-state index contributed by atoms with van der Waals surface area (Å²) in [5.74, 6) is -1.02. The van der Waals surface area contributed by atoms with Crippen LogP contribution < -0.4 is 9.64 Å². The number of ether oxygens (including phenoxy) is 1. The first-order chi connectivity index (χ1) is 13.5. The highest BCUT2D eigenvalue weighted by Crippen LogP contribution is 2.30. The maximum absolute atomic E-state index is 13.9. The first-order valence-electron chi connectivity index (χ1n) is 8.76. The molecule has 0 atom stereocenters. The number of nitriles is 1. The molecule has 3 heterocycles. The van der Waals surface area contributed by atoms with Crippen molar-refractivity contribution in [3.8, 4) is 17.6 Å². The van der Waals surface area contributed by atoms with Crippen molar-refractivity contribution >= 4 is 5.82 Å². The highest BCUT2D eigenvalue weighted by Gasteiger charge is 2.21. The standard InChI is InChI=1S/C21H16F2N4O/c1-13-7-14(9-24)10-26-21(13)27-6-5-18-15(12-27)8-16(11-25-18)28-19-4-2-3-17(22)20(19)23/h2-4,7-8,10-11H,5-6,12H2,1H3. The Bertz CT molecular complexity index is 1090. The number of pyridine rings is 2. The number of aromatic nitrogens is 2. The number of anilines is 1. The summed E-state index contributed by atoms with van der Waals surface area (Å²) in [6.07, 6.45) is 3.80. The van der Waals surface area contributed by atoms with Gasteiger partial charge in [0, 0.05) is 31.4 Å². The molecule has 0 bridgehead atoms. The number of fused-ring (bicyclic) bond motifs is 1. The predicted molar refractivity (Wildman–Crippen MR) is 99.1 cm³/mol. The molecule has 0 spiro atoms. The molecule has 1 aromatic carbocycles. The third-order valence-electron chi connectivity index (χ3n) is 4.64. The Morgan fingerprint density at radius 1 is 1.18 bits per heavy atom. The van der Waals surface area contributed by atoms with E-state index in [9.17, 15) is 8.78 Å². The quantitative estimate of drug-likeness (QED) is 0.680. The summed E-state index contributed by atoms with van der Waals surface area (Å²) in [5, 5.41) is 9.01. The number of rotatable bonds is 3. The molecule has 0 aliphatic carbocycles. The molecule has 0 unspecified atom stereocenters. The summed E-state index contributed by atoms with van der Waals surface area (Å²) in [6, 6.07) is 9.48. The zero-order valence-corrected chi connectivity index (χ0v) is 15.1. The van der Waals surface area contributed by atoms with Crippen LogP contribution in [0, 0.1) is 29.9 Å². The van der Waals surface area contributed by atoms with Crippen molar-refractivity contribution in [3.05, 3.63) is 76.7 Å². The summed E-state index contributed by atoms with van der Waals surface area (Å²) in [4.78, 5) is 10.9. The van der Waals surface area contributed by atoms with Gasteiger partial charge >= 0.3 is 0 Å². The van der Waals surface area contributed by atoms with Gasteiger partial charge in [0.05, 0.1) is 11.8 Å². The van der Waals surface area contributed by atoms with Gasteiger partial charge in [0.25, 0.3) is 0 Å². The fourth-order valence-electron chi connectivity index (χ4n) is 3.29. The lowest BCUT2D eigenvalue weighted by molar-refractivity contribution is 0.414. The predicted octanol–water partition coefficient (Wildman–Crippen LogP) is 4.29. The highest BCUT2D eigenvalue weighted by molar-refractivity contribution is 5.51. The number of aryl methyl sites for hydroxylation is 1. The van der Waals surface area contributed by atoms with Gasteiger partial charge in [0.1, 0.15) is 17.6 Å². The van der Waals surface area contributed by atoms with Gasteiger partial charge in [-0.2, -0.15) is 9.65 Å². The van der Waals surface area contributed by atoms with Gasteiger partial charge in [-0.25, -0.2) is 9.37 Å². The summed E-state index contributed by atoms with van der Waals surface area (Å²) < 4.78 is 32.7. The molecule has 0 fully saturated rings. The second-order valence-electron chi connectivity index (χ2n) is 6.58. The topological polar surface area (TPSA) is 62.0 Å². The molecule has 7 heteroatoms. The molecule has 5 nitrogen and oxygen atoms in total. The van der Waals surface area contributed by atoms with E-state index in [2.05, 4.69) is 20.9 Å². The fourth-order valence-corrected chi connectivity index (χ4v) is 3.29. The van der Waals surface area contributed by atoms with Gasteiger partial charge in [-0.15, -0.1) is 0 Å². The van der Waals surface area contributed by atoms with Crippen molar-refractivity contribution < 1.29 is 13.5 Å². The van der Waals surface area contributed by atoms with E-state index in [1.807, 2.05) is 13.0 Å². The van der Waals surface area contributed by atoms with E-state index in [0.717, 1.165) is 41.7 Å². The van der Waals surface area contributed by atoms with Crippen LogP contribution in [0.5, 0.6) is 11.5 Å². The molecule has 3 aromatic rings. The molecule has 0 N–H and O–H groups in total. The van der Waals surface area contributed by atoms with Crippen LogP contribution in [0.3, 0.4) is 0 Å². The average molecular weight is 378 g/mol. The lowest BCUT2D eigenvalue weighted by Crippen LogP contribution is -2.32. The van der Waals surface area contributed by atoms with Gasteiger partial charge in [0.2, 0.25) is 5.82 Å². The van der Waals surface area contributed by atoms with Crippen LogP contribution in [0.4, 0.5) is 14.6 Å². The maximum Gasteiger partial charge on any atom is 0.201 e. The SMILES string of the molecule is Cc1cc(C#N)cnc1N1CCc2ncc(Oc3cccc(F)c3F)cc2C1. The summed E-state index contributed by atoms with van der Waals surface area (Å²) in [7, 11) is 0. The Kier molecular flexibility index (Phi) is 4.62. The monoisotopic (exact) mass is 378 g/mol. The second-order valence-corrected chi connectivity index (χ2v) is 6.58. The third-order valence-corrected chi connectivity index (χ3v) is 4.64. The van der Waals surface area contributed by atoms with Crippen molar-refractivity contribution in [3.63, 3.8) is 0 Å². The van der Waals surface area contributed by atoms with Gasteiger partial charge in [-0.3, -0.25) is 4.98 Å². The normalized spacial score (nSPS) is 13.0. The smallest absolute Gasteiger partial charge is 0.201 e. The van der Waals surface area contributed by atoms with Crippen molar-refractivity contribution in [1.29, 1.82) is 5.26 Å². The van der Waals surface area contributed by atoms with Gasteiger partial charge in [-0.1, -0.05) is 6.07 Å². The van der Waals surface area contributed by atoms with Gasteiger partial charge in [-0.05, 0) is 42.3 Å². The molecule has 2 aromatic heterocycles. The Morgan fingerprint density at radius 2 is 2.04 bits per heavy atom. The number of hydrogen-bond donors (Lipinski definition) is 0. The average Bonchev–Trinajstić information content (AvgIpc) is 2.71. The molecule has 0 saturated heterocycles. The first kappa shape index (κ1) is 17.9. The Balaban J connectivity index is 1.59. The second kappa shape index (κ2) is 7.24. The lowest BCUT2D eigenvalue weighted by atomic mass is 10.0. The van der Waals surface area contributed by atoms with Crippen LogP contribution in [0.1, 0.15) is 22.4 Å². The molecule has 28 heavy (non-hydrogen) atoms. The van der Waals surface area contributed by atoms with Crippen molar-refractivity contribution in [2.24, 2.45) is 0 Å². The van der Waals surface area contributed by atoms with Crippen LogP contribution in [0.15, 0.2) is 42.7 Å². The fraction of sp³-hybridized carbons (Fsp3) is 0.190. The summed E-state index contributed by atoms with van der Waals surface area (Å²) in [5.41, 5.74) is 3.32. The van der Waals surface area contributed by atoms with Crippen LogP contribution in [-0.2, 0) is 13.0 Å². The van der Waals surface area contributed by atoms with Gasteiger partial charge in [0.15, 0.2) is 11.6 Å². The van der Waals surface area contributed by atoms with Crippen LogP contribution in [0.2, 0.25) is 0 Å². The molecule has 0 saturated carbocycles. The third kappa shape index (κ3) is 3.37. The molecule has 140 valence electrons. The molecule has 0 radical (unpaired) electrons. The molecule has 0 amide bonds. The molecule has 4 rings (SSSR count). The first-order valence-corrected chi connectivity index (χ1v) is 8.76. The maximum atomic E-state index is 13.9. The van der Waals surface area contributed by atoms with E-state index in [1.165, 1.54) is 18.3 Å². The van der Waals surface area contributed by atoms with Crippen molar-refractivity contribution in [2.75, 3.05) is 11.4 Å². The summed E-state index contributed by atoms with van der Waals surface area (Å²) >= 11 is 0. The Hall–Kier alpha value is -3.53. The molecule has 1 aliphatic heterocycles. The highest BCUT2D eigenvalue weighted by atomic mass is 19.2. The van der Waals surface area contributed by atoms with Crippen LogP contribution in [-0.4, -0.2) is 16.5 Å². The van der Waals surface area contributed by atoms with E-state index >= 15 is 0 Å². The van der Waals surface area contributed by atoms with E-state index in [4.69, 9.17) is 10.00 Å². The van der Waals surface area contributed by atoms with E-state index < -0.39 is 11.6 Å². The van der Waals surface area contributed by atoms with Crippen LogP contribution >= 0.6 is 0 Å². The zero-order valence-electron chi connectivity index (χ0n) is 15.1. The van der Waals surface area contributed by atoms with E-state index in [0.29, 0.717) is 17.9 Å². The zero-order chi connectivity index (χ0) is 19.7. The van der Waals surface area contributed by atoms with E-state index in [-0.39, 0.29) is 5.75 Å². The minimum atomic E-state index is -1.03.